The van der Waals surface area contributed by atoms with Gasteiger partial charge in [0.2, 0.25) is 0 Å². The normalized spacial score (nSPS) is 19.7. The highest BCUT2D eigenvalue weighted by molar-refractivity contribution is 5.73. The summed E-state index contributed by atoms with van der Waals surface area (Å²) >= 11 is 0. The van der Waals surface area contributed by atoms with Gasteiger partial charge in [0, 0.05) is 19.3 Å². The molecule has 0 radical (unpaired) electrons. The van der Waals surface area contributed by atoms with Gasteiger partial charge in [-0.05, 0) is 26.7 Å². The maximum absolute atomic E-state index is 11.8. The summed E-state index contributed by atoms with van der Waals surface area (Å²) in [6.07, 6.45) is 5.37. The summed E-state index contributed by atoms with van der Waals surface area (Å²) in [5, 5.41) is 0. The number of aryl methyl sites for hydroxylation is 1. The molecule has 1 fully saturated rings. The largest absolute Gasteiger partial charge is 0.466 e. The molecule has 2 heterocycles. The van der Waals surface area contributed by atoms with Crippen molar-refractivity contribution in [2.45, 2.75) is 26.7 Å². The van der Waals surface area contributed by atoms with E-state index in [0.717, 1.165) is 30.9 Å². The number of hydrogen-bond donors (Lipinski definition) is 0. The highest BCUT2D eigenvalue weighted by atomic mass is 16.5. The molecular weight excluding hydrogens is 230 g/mol. The van der Waals surface area contributed by atoms with E-state index < -0.39 is 0 Å². The minimum atomic E-state index is -0.0946. The molecule has 1 saturated heterocycles. The van der Waals surface area contributed by atoms with Gasteiger partial charge >= 0.3 is 5.97 Å². The lowest BCUT2D eigenvalue weighted by atomic mass is 9.98. The number of esters is 1. The molecule has 0 amide bonds. The van der Waals surface area contributed by atoms with Crippen molar-refractivity contribution < 1.29 is 9.53 Å². The zero-order chi connectivity index (χ0) is 13.0. The maximum Gasteiger partial charge on any atom is 0.310 e. The monoisotopic (exact) mass is 249 g/mol. The standard InChI is InChI=1S/C13H19N3O2/c1-3-18-13(17)11-5-4-6-16(9-11)12-8-14-7-10(2)15-12/h7-8,11H,3-6,9H2,1-2H3. The van der Waals surface area contributed by atoms with Crippen molar-refractivity contribution in [1.29, 1.82) is 0 Å². The van der Waals surface area contributed by atoms with Gasteiger partial charge in [-0.1, -0.05) is 0 Å². The van der Waals surface area contributed by atoms with E-state index in [1.807, 2.05) is 13.8 Å². The first-order valence-corrected chi connectivity index (χ1v) is 6.41. The Labute approximate surface area is 107 Å². The summed E-state index contributed by atoms with van der Waals surface area (Å²) in [5.74, 6) is 0.716. The first-order chi connectivity index (χ1) is 8.70. The van der Waals surface area contributed by atoms with Crippen LogP contribution in [0.15, 0.2) is 12.4 Å². The fourth-order valence-corrected chi connectivity index (χ4v) is 2.24. The molecule has 98 valence electrons. The lowest BCUT2D eigenvalue weighted by Crippen LogP contribution is -2.40. The first-order valence-electron chi connectivity index (χ1n) is 6.41. The van der Waals surface area contributed by atoms with Crippen LogP contribution in [-0.4, -0.2) is 35.6 Å². The minimum absolute atomic E-state index is 0.0407. The smallest absolute Gasteiger partial charge is 0.310 e. The average molecular weight is 249 g/mol. The molecular formula is C13H19N3O2. The molecule has 0 N–H and O–H groups in total. The Morgan fingerprint density at radius 3 is 3.11 bits per heavy atom. The van der Waals surface area contributed by atoms with Gasteiger partial charge in [-0.3, -0.25) is 9.78 Å². The van der Waals surface area contributed by atoms with Gasteiger partial charge in [0.25, 0.3) is 0 Å². The lowest BCUT2D eigenvalue weighted by Gasteiger charge is -2.32. The van der Waals surface area contributed by atoms with Gasteiger partial charge in [-0.25, -0.2) is 4.98 Å². The number of carbonyl (C=O) groups excluding carboxylic acids is 1. The average Bonchev–Trinajstić information content (AvgIpc) is 2.39. The Hall–Kier alpha value is -1.65. The number of anilines is 1. The quantitative estimate of drug-likeness (QED) is 0.761. The zero-order valence-corrected chi connectivity index (χ0v) is 10.9. The Kier molecular flexibility index (Phi) is 4.12. The van der Waals surface area contributed by atoms with E-state index >= 15 is 0 Å². The van der Waals surface area contributed by atoms with Crippen molar-refractivity contribution in [1.82, 2.24) is 9.97 Å². The molecule has 1 aliphatic rings. The predicted octanol–water partition coefficient (Wildman–Crippen LogP) is 1.56. The molecule has 1 aromatic rings. The number of rotatable bonds is 3. The van der Waals surface area contributed by atoms with Crippen LogP contribution in [0.3, 0.4) is 0 Å². The van der Waals surface area contributed by atoms with Gasteiger partial charge in [-0.2, -0.15) is 0 Å². The molecule has 0 aromatic carbocycles. The number of piperidine rings is 1. The molecule has 2 rings (SSSR count). The number of nitrogens with zero attached hydrogens (tertiary/aromatic N) is 3. The highest BCUT2D eigenvalue weighted by Gasteiger charge is 2.27. The lowest BCUT2D eigenvalue weighted by molar-refractivity contribution is -0.148. The first kappa shape index (κ1) is 12.8. The Balaban J connectivity index is 2.04. The highest BCUT2D eigenvalue weighted by Crippen LogP contribution is 2.22. The topological polar surface area (TPSA) is 55.3 Å². The van der Waals surface area contributed by atoms with Crippen LogP contribution >= 0.6 is 0 Å². The van der Waals surface area contributed by atoms with Crippen molar-refractivity contribution in [2.24, 2.45) is 5.92 Å². The number of ether oxygens (including phenoxy) is 1. The van der Waals surface area contributed by atoms with Crippen molar-refractivity contribution in [3.63, 3.8) is 0 Å². The van der Waals surface area contributed by atoms with Crippen LogP contribution in [0.5, 0.6) is 0 Å². The molecule has 5 heteroatoms. The number of hydrogen-bond acceptors (Lipinski definition) is 5. The van der Waals surface area contributed by atoms with Gasteiger partial charge in [0.05, 0.1) is 24.4 Å². The number of carbonyl (C=O) groups is 1. The second-order valence-corrected chi connectivity index (χ2v) is 4.56. The van der Waals surface area contributed by atoms with E-state index in [1.54, 1.807) is 12.4 Å². The summed E-state index contributed by atoms with van der Waals surface area (Å²) in [5.41, 5.74) is 0.894. The molecule has 1 atom stereocenters. The number of aromatic nitrogens is 2. The molecule has 0 bridgehead atoms. The Morgan fingerprint density at radius 1 is 1.56 bits per heavy atom. The van der Waals surface area contributed by atoms with Crippen molar-refractivity contribution in [2.75, 3.05) is 24.6 Å². The molecule has 0 saturated carbocycles. The molecule has 0 aliphatic carbocycles. The molecule has 1 aromatic heterocycles. The zero-order valence-electron chi connectivity index (χ0n) is 10.9. The van der Waals surface area contributed by atoms with Crippen LogP contribution < -0.4 is 4.90 Å². The van der Waals surface area contributed by atoms with Crippen LogP contribution in [0, 0.1) is 12.8 Å². The summed E-state index contributed by atoms with van der Waals surface area (Å²) in [6, 6.07) is 0. The third kappa shape index (κ3) is 2.97. The van der Waals surface area contributed by atoms with Gasteiger partial charge in [-0.15, -0.1) is 0 Å². The van der Waals surface area contributed by atoms with Crippen molar-refractivity contribution in [3.05, 3.63) is 18.1 Å². The Morgan fingerprint density at radius 2 is 2.39 bits per heavy atom. The second kappa shape index (κ2) is 5.80. The SMILES string of the molecule is CCOC(=O)C1CCCN(c2cncc(C)n2)C1. The van der Waals surface area contributed by atoms with Gasteiger partial charge < -0.3 is 9.64 Å². The Bertz CT molecular complexity index is 422. The van der Waals surface area contributed by atoms with E-state index in [1.165, 1.54) is 0 Å². The van der Waals surface area contributed by atoms with E-state index in [2.05, 4.69) is 14.9 Å². The van der Waals surface area contributed by atoms with Crippen LogP contribution in [0.1, 0.15) is 25.5 Å². The molecule has 5 nitrogen and oxygen atoms in total. The van der Waals surface area contributed by atoms with Crippen LogP contribution in [0.25, 0.3) is 0 Å². The van der Waals surface area contributed by atoms with E-state index in [0.29, 0.717) is 13.2 Å². The molecule has 1 aliphatic heterocycles. The summed E-state index contributed by atoms with van der Waals surface area (Å²) in [4.78, 5) is 22.5. The minimum Gasteiger partial charge on any atom is -0.466 e. The third-order valence-corrected chi connectivity index (χ3v) is 3.11. The molecule has 1 unspecified atom stereocenters. The predicted molar refractivity (Wildman–Crippen MR) is 68.3 cm³/mol. The third-order valence-electron chi connectivity index (χ3n) is 3.11. The van der Waals surface area contributed by atoms with Crippen molar-refractivity contribution in [3.8, 4) is 0 Å². The van der Waals surface area contributed by atoms with Crippen LogP contribution in [0.4, 0.5) is 5.82 Å². The summed E-state index contributed by atoms with van der Waals surface area (Å²) < 4.78 is 5.09. The summed E-state index contributed by atoms with van der Waals surface area (Å²) in [7, 11) is 0. The van der Waals surface area contributed by atoms with Gasteiger partial charge in [0.1, 0.15) is 5.82 Å². The molecule has 18 heavy (non-hydrogen) atoms. The maximum atomic E-state index is 11.8. The summed E-state index contributed by atoms with van der Waals surface area (Å²) in [6.45, 7) is 5.80. The van der Waals surface area contributed by atoms with E-state index in [9.17, 15) is 4.79 Å². The van der Waals surface area contributed by atoms with Crippen LogP contribution in [0.2, 0.25) is 0 Å². The van der Waals surface area contributed by atoms with Gasteiger partial charge in [0.15, 0.2) is 0 Å². The fraction of sp³-hybridized carbons (Fsp3) is 0.615. The van der Waals surface area contributed by atoms with Crippen LogP contribution in [-0.2, 0) is 9.53 Å². The fourth-order valence-electron chi connectivity index (χ4n) is 2.24. The van der Waals surface area contributed by atoms with Crippen molar-refractivity contribution >= 4 is 11.8 Å². The second-order valence-electron chi connectivity index (χ2n) is 4.56. The van der Waals surface area contributed by atoms with E-state index in [-0.39, 0.29) is 11.9 Å². The van der Waals surface area contributed by atoms with E-state index in [4.69, 9.17) is 4.74 Å². The molecule has 0 spiro atoms.